The molecule has 2 aliphatic heterocycles. The van der Waals surface area contributed by atoms with Gasteiger partial charge in [-0.3, -0.25) is 4.79 Å². The van der Waals surface area contributed by atoms with E-state index in [1.54, 1.807) is 36.1 Å². The van der Waals surface area contributed by atoms with Gasteiger partial charge in [-0.2, -0.15) is 4.31 Å². The molecule has 0 saturated carbocycles. The Kier molecular flexibility index (Phi) is 6.01. The fraction of sp³-hybridized carbons (Fsp3) is 0.556. The monoisotopic (exact) mass is 395 g/mol. The highest BCUT2D eigenvalue weighted by atomic mass is 32.2. The van der Waals surface area contributed by atoms with Crippen LogP contribution in [0.15, 0.2) is 29.2 Å². The number of anilines is 1. The Labute approximate surface area is 159 Å². The molecule has 148 valence electrons. The molecule has 9 heteroatoms. The smallest absolute Gasteiger partial charge is 0.409 e. The van der Waals surface area contributed by atoms with Crippen molar-refractivity contribution in [3.8, 4) is 0 Å². The lowest BCUT2D eigenvalue weighted by Crippen LogP contribution is -2.50. The van der Waals surface area contributed by atoms with Crippen LogP contribution in [0.4, 0.5) is 10.5 Å². The molecule has 2 heterocycles. The van der Waals surface area contributed by atoms with E-state index in [0.717, 1.165) is 18.5 Å². The number of hydrogen-bond acceptors (Lipinski definition) is 5. The molecule has 1 aromatic rings. The molecule has 3 rings (SSSR count). The van der Waals surface area contributed by atoms with Crippen molar-refractivity contribution in [1.82, 2.24) is 9.21 Å². The van der Waals surface area contributed by atoms with E-state index < -0.39 is 16.1 Å². The summed E-state index contributed by atoms with van der Waals surface area (Å²) in [6, 6.07) is 6.46. The summed E-state index contributed by atoms with van der Waals surface area (Å²) < 4.78 is 32.0. The highest BCUT2D eigenvalue weighted by Crippen LogP contribution is 2.24. The molecule has 0 unspecified atom stereocenters. The van der Waals surface area contributed by atoms with Crippen molar-refractivity contribution in [3.63, 3.8) is 0 Å². The lowest BCUT2D eigenvalue weighted by molar-refractivity contribution is -0.119. The van der Waals surface area contributed by atoms with E-state index in [9.17, 15) is 18.0 Å². The van der Waals surface area contributed by atoms with Crippen LogP contribution in [-0.4, -0.2) is 69.0 Å². The van der Waals surface area contributed by atoms with Crippen molar-refractivity contribution in [2.24, 2.45) is 0 Å². The van der Waals surface area contributed by atoms with Gasteiger partial charge >= 0.3 is 6.09 Å². The lowest BCUT2D eigenvalue weighted by atomic mass is 10.1. The van der Waals surface area contributed by atoms with Crippen molar-refractivity contribution in [2.45, 2.75) is 31.1 Å². The van der Waals surface area contributed by atoms with Crippen LogP contribution in [0.5, 0.6) is 0 Å². The second-order valence-electron chi connectivity index (χ2n) is 6.59. The van der Waals surface area contributed by atoms with Crippen LogP contribution in [-0.2, 0) is 19.6 Å². The summed E-state index contributed by atoms with van der Waals surface area (Å²) in [5.74, 6) is 0.0759. The van der Waals surface area contributed by atoms with Crippen molar-refractivity contribution in [2.75, 3.05) is 44.2 Å². The third kappa shape index (κ3) is 4.24. The third-order valence-corrected chi connectivity index (χ3v) is 6.79. The maximum Gasteiger partial charge on any atom is 0.409 e. The molecule has 0 atom stereocenters. The second kappa shape index (κ2) is 8.26. The Morgan fingerprint density at radius 1 is 1.04 bits per heavy atom. The van der Waals surface area contributed by atoms with Crippen molar-refractivity contribution >= 4 is 27.7 Å². The Balaban J connectivity index is 1.67. The van der Waals surface area contributed by atoms with E-state index in [1.807, 2.05) is 0 Å². The number of piperidine rings is 1. The zero-order chi connectivity index (χ0) is 19.4. The quantitative estimate of drug-likeness (QED) is 0.774. The molecule has 0 bridgehead atoms. The maximum absolute atomic E-state index is 12.9. The topological polar surface area (TPSA) is 87.2 Å². The largest absolute Gasteiger partial charge is 0.450 e. The van der Waals surface area contributed by atoms with Crippen molar-refractivity contribution in [1.29, 1.82) is 0 Å². The molecule has 2 aliphatic rings. The van der Waals surface area contributed by atoms with Gasteiger partial charge in [-0.25, -0.2) is 13.2 Å². The molecule has 0 N–H and O–H groups in total. The van der Waals surface area contributed by atoms with Gasteiger partial charge < -0.3 is 14.5 Å². The first-order valence-corrected chi connectivity index (χ1v) is 10.7. The fourth-order valence-electron chi connectivity index (χ4n) is 3.35. The van der Waals surface area contributed by atoms with Crippen LogP contribution >= 0.6 is 0 Å². The van der Waals surface area contributed by atoms with Crippen LogP contribution in [0.25, 0.3) is 0 Å². The number of ether oxygens (including phenoxy) is 1. The van der Waals surface area contributed by atoms with Gasteiger partial charge in [-0.1, -0.05) is 0 Å². The summed E-state index contributed by atoms with van der Waals surface area (Å²) >= 11 is 0. The van der Waals surface area contributed by atoms with Gasteiger partial charge in [0.15, 0.2) is 0 Å². The minimum atomic E-state index is -3.63. The molecule has 2 amide bonds. The Bertz CT molecular complexity index is 786. The number of nitrogens with zero attached hydrogens (tertiary/aromatic N) is 3. The van der Waals surface area contributed by atoms with Crippen LogP contribution in [0.2, 0.25) is 0 Å². The summed E-state index contributed by atoms with van der Waals surface area (Å²) in [7, 11) is -3.63. The SMILES string of the molecule is CCOC(=O)N1CCN(S(=O)(=O)c2ccc(N3CCCCC3=O)cc2)CC1. The molecule has 1 aromatic carbocycles. The number of carbonyl (C=O) groups is 2. The third-order valence-electron chi connectivity index (χ3n) is 4.87. The first kappa shape index (κ1) is 19.6. The van der Waals surface area contributed by atoms with Crippen LogP contribution in [0.1, 0.15) is 26.2 Å². The average Bonchev–Trinajstić information content (AvgIpc) is 2.69. The first-order valence-electron chi connectivity index (χ1n) is 9.26. The second-order valence-corrected chi connectivity index (χ2v) is 8.52. The number of hydrogen-bond donors (Lipinski definition) is 0. The van der Waals surface area contributed by atoms with Crippen LogP contribution in [0, 0.1) is 0 Å². The lowest BCUT2D eigenvalue weighted by Gasteiger charge is -2.33. The van der Waals surface area contributed by atoms with Crippen molar-refractivity contribution in [3.05, 3.63) is 24.3 Å². The molecular weight excluding hydrogens is 370 g/mol. The highest BCUT2D eigenvalue weighted by molar-refractivity contribution is 7.89. The average molecular weight is 395 g/mol. The summed E-state index contributed by atoms with van der Waals surface area (Å²) in [4.78, 5) is 27.2. The van der Waals surface area contributed by atoms with Crippen LogP contribution in [0.3, 0.4) is 0 Å². The van der Waals surface area contributed by atoms with E-state index in [4.69, 9.17) is 4.74 Å². The van der Waals surface area contributed by atoms with E-state index in [-0.39, 0.29) is 23.9 Å². The Morgan fingerprint density at radius 3 is 2.30 bits per heavy atom. The predicted octanol–water partition coefficient (Wildman–Crippen LogP) is 1.67. The zero-order valence-electron chi connectivity index (χ0n) is 15.5. The number of carbonyl (C=O) groups excluding carboxylic acids is 2. The molecule has 0 radical (unpaired) electrons. The minimum Gasteiger partial charge on any atom is -0.450 e. The fourth-order valence-corrected chi connectivity index (χ4v) is 4.77. The zero-order valence-corrected chi connectivity index (χ0v) is 16.3. The normalized spacial score (nSPS) is 19.2. The van der Waals surface area contributed by atoms with Gasteiger partial charge in [0.2, 0.25) is 15.9 Å². The summed E-state index contributed by atoms with van der Waals surface area (Å²) in [5, 5.41) is 0. The number of rotatable bonds is 4. The number of sulfonamides is 1. The summed E-state index contributed by atoms with van der Waals surface area (Å²) in [6.45, 7) is 3.77. The Hall–Kier alpha value is -2.13. The molecule has 8 nitrogen and oxygen atoms in total. The Morgan fingerprint density at radius 2 is 1.70 bits per heavy atom. The number of piperazine rings is 1. The minimum absolute atomic E-state index is 0.0759. The van der Waals surface area contributed by atoms with E-state index in [2.05, 4.69) is 0 Å². The van der Waals surface area contributed by atoms with E-state index >= 15 is 0 Å². The first-order chi connectivity index (χ1) is 12.9. The molecule has 0 aliphatic carbocycles. The van der Waals surface area contributed by atoms with Gasteiger partial charge in [0, 0.05) is 44.8 Å². The molecule has 0 spiro atoms. The van der Waals surface area contributed by atoms with E-state index in [0.29, 0.717) is 32.7 Å². The van der Waals surface area contributed by atoms with Gasteiger partial charge in [0.1, 0.15) is 0 Å². The molecular formula is C18H25N3O5S. The van der Waals surface area contributed by atoms with Gasteiger partial charge in [-0.05, 0) is 44.0 Å². The molecule has 2 fully saturated rings. The summed E-state index contributed by atoms with van der Waals surface area (Å²) in [6.07, 6.45) is 1.98. The molecule has 0 aromatic heterocycles. The van der Waals surface area contributed by atoms with E-state index in [1.165, 1.54) is 9.21 Å². The van der Waals surface area contributed by atoms with Gasteiger partial charge in [0.25, 0.3) is 0 Å². The maximum atomic E-state index is 12.9. The molecule has 2 saturated heterocycles. The molecule has 27 heavy (non-hydrogen) atoms. The predicted molar refractivity (Wildman–Crippen MR) is 100.0 cm³/mol. The van der Waals surface area contributed by atoms with Gasteiger partial charge in [0.05, 0.1) is 11.5 Å². The highest BCUT2D eigenvalue weighted by Gasteiger charge is 2.30. The van der Waals surface area contributed by atoms with Crippen molar-refractivity contribution < 1.29 is 22.7 Å². The number of amides is 2. The van der Waals surface area contributed by atoms with Gasteiger partial charge in [-0.15, -0.1) is 0 Å². The summed E-state index contributed by atoms with van der Waals surface area (Å²) in [5.41, 5.74) is 0.728. The number of benzene rings is 1. The van der Waals surface area contributed by atoms with Crippen LogP contribution < -0.4 is 4.90 Å². The standard InChI is InChI=1S/C18H25N3O5S/c1-2-26-18(23)19-11-13-20(14-12-19)27(24,25)16-8-6-15(7-9-16)21-10-4-3-5-17(21)22/h6-9H,2-5,10-14H2,1H3.